The molecule has 2 aliphatic heterocycles. The second-order valence-corrected chi connectivity index (χ2v) is 6.16. The molecule has 0 spiro atoms. The Balaban J connectivity index is 1.64. The molecule has 2 atom stereocenters. The molecule has 0 saturated carbocycles. The van der Waals surface area contributed by atoms with Gasteiger partial charge in [-0.3, -0.25) is 4.90 Å². The molecule has 2 aliphatic rings. The highest BCUT2D eigenvalue weighted by Gasteiger charge is 2.36. The quantitative estimate of drug-likeness (QED) is 0.876. The minimum absolute atomic E-state index is 0.430. The molecule has 3 nitrogen and oxygen atoms in total. The first-order chi connectivity index (χ1) is 9.81. The van der Waals surface area contributed by atoms with Crippen LogP contribution < -0.4 is 5.32 Å². The number of phenolic OH excluding ortho intramolecular Hbond substituents is 1. The Bertz CT molecular complexity index is 628. The second-order valence-electron chi connectivity index (χ2n) is 6.16. The SMILES string of the molecule is Oc1ccc2ccccc2c1CN1C[C@H]2CNC[C@H]2C1. The van der Waals surface area contributed by atoms with Gasteiger partial charge in [0.25, 0.3) is 0 Å². The molecule has 2 aromatic rings. The fraction of sp³-hybridized carbons (Fsp3) is 0.412. The van der Waals surface area contributed by atoms with Gasteiger partial charge in [-0.05, 0) is 41.8 Å². The molecule has 2 fully saturated rings. The van der Waals surface area contributed by atoms with Gasteiger partial charge in [-0.2, -0.15) is 0 Å². The van der Waals surface area contributed by atoms with Crippen molar-refractivity contribution >= 4 is 10.8 Å². The summed E-state index contributed by atoms with van der Waals surface area (Å²) in [5.41, 5.74) is 1.08. The van der Waals surface area contributed by atoms with Gasteiger partial charge in [0.2, 0.25) is 0 Å². The Labute approximate surface area is 119 Å². The van der Waals surface area contributed by atoms with Crippen molar-refractivity contribution in [2.75, 3.05) is 26.2 Å². The van der Waals surface area contributed by atoms with E-state index in [2.05, 4.69) is 28.4 Å². The number of hydrogen-bond donors (Lipinski definition) is 2. The van der Waals surface area contributed by atoms with Crippen molar-refractivity contribution in [1.82, 2.24) is 10.2 Å². The Morgan fingerprint density at radius 1 is 1.05 bits per heavy atom. The smallest absolute Gasteiger partial charge is 0.120 e. The van der Waals surface area contributed by atoms with Crippen LogP contribution in [-0.4, -0.2) is 36.2 Å². The van der Waals surface area contributed by atoms with Crippen molar-refractivity contribution in [2.45, 2.75) is 6.54 Å². The van der Waals surface area contributed by atoms with Crippen LogP contribution >= 0.6 is 0 Å². The van der Waals surface area contributed by atoms with Crippen molar-refractivity contribution in [1.29, 1.82) is 0 Å². The van der Waals surface area contributed by atoms with Crippen LogP contribution in [0, 0.1) is 11.8 Å². The summed E-state index contributed by atoms with van der Waals surface area (Å²) in [4.78, 5) is 2.50. The monoisotopic (exact) mass is 268 g/mol. The van der Waals surface area contributed by atoms with Gasteiger partial charge in [-0.15, -0.1) is 0 Å². The van der Waals surface area contributed by atoms with Crippen LogP contribution in [-0.2, 0) is 6.54 Å². The van der Waals surface area contributed by atoms with Gasteiger partial charge in [0, 0.05) is 25.2 Å². The van der Waals surface area contributed by atoms with Gasteiger partial charge in [0.05, 0.1) is 0 Å². The zero-order valence-corrected chi connectivity index (χ0v) is 11.5. The minimum atomic E-state index is 0.430. The maximum Gasteiger partial charge on any atom is 0.120 e. The average Bonchev–Trinajstić information content (AvgIpc) is 3.03. The summed E-state index contributed by atoms with van der Waals surface area (Å²) in [5.74, 6) is 2.03. The van der Waals surface area contributed by atoms with Crippen LogP contribution in [0.15, 0.2) is 36.4 Å². The van der Waals surface area contributed by atoms with Gasteiger partial charge in [0.15, 0.2) is 0 Å². The molecule has 2 N–H and O–H groups in total. The third kappa shape index (κ3) is 1.98. The molecular formula is C17H20N2O. The molecule has 0 aromatic heterocycles. The van der Waals surface area contributed by atoms with Crippen molar-refractivity contribution in [3.05, 3.63) is 42.0 Å². The van der Waals surface area contributed by atoms with E-state index in [1.54, 1.807) is 0 Å². The van der Waals surface area contributed by atoms with Crippen LogP contribution in [0.25, 0.3) is 10.8 Å². The number of hydrogen-bond acceptors (Lipinski definition) is 3. The van der Waals surface area contributed by atoms with E-state index in [-0.39, 0.29) is 0 Å². The molecular weight excluding hydrogens is 248 g/mol. The van der Waals surface area contributed by atoms with E-state index in [1.807, 2.05) is 18.2 Å². The summed E-state index contributed by atoms with van der Waals surface area (Å²) in [6.07, 6.45) is 0. The Morgan fingerprint density at radius 2 is 1.80 bits per heavy atom. The highest BCUT2D eigenvalue weighted by atomic mass is 16.3. The fourth-order valence-corrected chi connectivity index (χ4v) is 3.80. The normalized spacial score (nSPS) is 26.2. The topological polar surface area (TPSA) is 35.5 Å². The van der Waals surface area contributed by atoms with Crippen molar-refractivity contribution < 1.29 is 5.11 Å². The number of benzene rings is 2. The van der Waals surface area contributed by atoms with E-state index < -0.39 is 0 Å². The number of aromatic hydroxyl groups is 1. The Hall–Kier alpha value is -1.58. The van der Waals surface area contributed by atoms with Crippen molar-refractivity contribution in [3.63, 3.8) is 0 Å². The number of rotatable bonds is 2. The van der Waals surface area contributed by atoms with Crippen LogP contribution in [0.5, 0.6) is 5.75 Å². The summed E-state index contributed by atoms with van der Waals surface area (Å²) >= 11 is 0. The van der Waals surface area contributed by atoms with E-state index in [0.717, 1.165) is 50.1 Å². The lowest BCUT2D eigenvalue weighted by Crippen LogP contribution is -2.25. The molecule has 2 heterocycles. The Kier molecular flexibility index (Phi) is 2.90. The molecule has 4 rings (SSSR count). The van der Waals surface area contributed by atoms with Crippen LogP contribution in [0.4, 0.5) is 0 Å². The third-order valence-corrected chi connectivity index (χ3v) is 4.86. The standard InChI is InChI=1S/C17H20N2O/c20-17-6-5-12-3-1-2-4-15(12)16(17)11-19-9-13-7-18-8-14(13)10-19/h1-6,13-14,18,20H,7-11H2/t13-,14+. The first-order valence-electron chi connectivity index (χ1n) is 7.44. The molecule has 0 unspecified atom stereocenters. The van der Waals surface area contributed by atoms with Crippen molar-refractivity contribution in [2.24, 2.45) is 11.8 Å². The number of likely N-dealkylation sites (tertiary alicyclic amines) is 1. The molecule has 0 amide bonds. The lowest BCUT2D eigenvalue weighted by atomic mass is 10.0. The zero-order valence-electron chi connectivity index (χ0n) is 11.5. The molecule has 104 valence electrons. The van der Waals surface area contributed by atoms with Crippen molar-refractivity contribution in [3.8, 4) is 5.75 Å². The van der Waals surface area contributed by atoms with Gasteiger partial charge < -0.3 is 10.4 Å². The maximum atomic E-state index is 10.2. The third-order valence-electron chi connectivity index (χ3n) is 4.86. The molecule has 2 aromatic carbocycles. The van der Waals surface area contributed by atoms with E-state index in [0.29, 0.717) is 5.75 Å². The summed E-state index contributed by atoms with van der Waals surface area (Å²) < 4.78 is 0. The molecule has 2 saturated heterocycles. The van der Waals surface area contributed by atoms with Gasteiger partial charge in [0.1, 0.15) is 5.75 Å². The van der Waals surface area contributed by atoms with Crippen LogP contribution in [0.1, 0.15) is 5.56 Å². The summed E-state index contributed by atoms with van der Waals surface area (Å²) in [7, 11) is 0. The molecule has 0 bridgehead atoms. The summed E-state index contributed by atoms with van der Waals surface area (Å²) in [6.45, 7) is 5.48. The molecule has 20 heavy (non-hydrogen) atoms. The highest BCUT2D eigenvalue weighted by Crippen LogP contribution is 2.32. The van der Waals surface area contributed by atoms with Crippen LogP contribution in [0.2, 0.25) is 0 Å². The number of nitrogens with one attached hydrogen (secondary N) is 1. The number of phenols is 1. The fourth-order valence-electron chi connectivity index (χ4n) is 3.80. The largest absolute Gasteiger partial charge is 0.508 e. The highest BCUT2D eigenvalue weighted by molar-refractivity contribution is 5.87. The lowest BCUT2D eigenvalue weighted by molar-refractivity contribution is 0.301. The molecule has 0 radical (unpaired) electrons. The van der Waals surface area contributed by atoms with E-state index in [4.69, 9.17) is 0 Å². The second kappa shape index (κ2) is 4.76. The molecule has 0 aliphatic carbocycles. The van der Waals surface area contributed by atoms with E-state index in [9.17, 15) is 5.11 Å². The minimum Gasteiger partial charge on any atom is -0.508 e. The lowest BCUT2D eigenvalue weighted by Gasteiger charge is -2.19. The average molecular weight is 268 g/mol. The predicted octanol–water partition coefficient (Wildman–Crippen LogP) is 2.20. The van der Waals surface area contributed by atoms with Gasteiger partial charge in [-0.1, -0.05) is 30.3 Å². The van der Waals surface area contributed by atoms with Crippen LogP contribution in [0.3, 0.4) is 0 Å². The Morgan fingerprint density at radius 3 is 2.60 bits per heavy atom. The van der Waals surface area contributed by atoms with E-state index >= 15 is 0 Å². The zero-order chi connectivity index (χ0) is 13.5. The maximum absolute atomic E-state index is 10.2. The first-order valence-corrected chi connectivity index (χ1v) is 7.44. The van der Waals surface area contributed by atoms with Gasteiger partial charge in [-0.25, -0.2) is 0 Å². The van der Waals surface area contributed by atoms with E-state index in [1.165, 1.54) is 10.8 Å². The van der Waals surface area contributed by atoms with Gasteiger partial charge >= 0.3 is 0 Å². The number of fused-ring (bicyclic) bond motifs is 2. The summed E-state index contributed by atoms with van der Waals surface area (Å²) in [5, 5.41) is 16.1. The molecule has 3 heteroatoms. The predicted molar refractivity (Wildman–Crippen MR) is 80.7 cm³/mol. The number of nitrogens with zero attached hydrogens (tertiary/aromatic N) is 1. The summed E-state index contributed by atoms with van der Waals surface area (Å²) in [6, 6.07) is 12.2. The first kappa shape index (κ1) is 12.2.